The number of carbonyl (C=O) groups is 2. The Morgan fingerprint density at radius 1 is 0.926 bits per heavy atom. The number of rotatable bonds is 4. The number of aromatic nitrogens is 1. The van der Waals surface area contributed by atoms with Gasteiger partial charge in [-0.15, -0.1) is 0 Å². The smallest absolute Gasteiger partial charge is 0.271 e. The van der Waals surface area contributed by atoms with Crippen LogP contribution in [0.25, 0.3) is 0 Å². The van der Waals surface area contributed by atoms with Crippen LogP contribution in [-0.2, 0) is 0 Å². The van der Waals surface area contributed by atoms with Crippen LogP contribution in [0.1, 0.15) is 20.7 Å². The van der Waals surface area contributed by atoms with E-state index in [0.717, 1.165) is 4.47 Å². The Kier molecular flexibility index (Phi) is 6.05. The van der Waals surface area contributed by atoms with Crippen molar-refractivity contribution in [2.45, 2.75) is 0 Å². The zero-order valence-electron chi connectivity index (χ0n) is 13.8. The summed E-state index contributed by atoms with van der Waals surface area (Å²) < 4.78 is 6.41. The first-order valence-electron chi connectivity index (χ1n) is 7.76. The molecule has 0 spiro atoms. The Bertz CT molecular complexity index is 983. The van der Waals surface area contributed by atoms with Crippen molar-refractivity contribution in [3.05, 3.63) is 87.6 Å². The van der Waals surface area contributed by atoms with E-state index in [-0.39, 0.29) is 10.6 Å². The Morgan fingerprint density at radius 3 is 2.41 bits per heavy atom. The van der Waals surface area contributed by atoms with Gasteiger partial charge in [-0.05, 0) is 48.5 Å². The van der Waals surface area contributed by atoms with Gasteiger partial charge >= 0.3 is 0 Å². The van der Waals surface area contributed by atoms with Crippen molar-refractivity contribution >= 4 is 39.3 Å². The van der Waals surface area contributed by atoms with E-state index in [1.54, 1.807) is 67.0 Å². The molecule has 1 aromatic heterocycles. The SMILES string of the molecule is O=C(NNC(=O)c1ccc(Br)cc1Cl)c1cccc(Oc2ccncc2)c1. The van der Waals surface area contributed by atoms with Gasteiger partial charge in [-0.3, -0.25) is 25.4 Å². The number of hydrazine groups is 1. The maximum atomic E-state index is 12.3. The summed E-state index contributed by atoms with van der Waals surface area (Å²) in [4.78, 5) is 28.4. The van der Waals surface area contributed by atoms with E-state index in [4.69, 9.17) is 16.3 Å². The minimum absolute atomic E-state index is 0.245. The van der Waals surface area contributed by atoms with Crippen LogP contribution in [0.2, 0.25) is 5.02 Å². The van der Waals surface area contributed by atoms with Crippen molar-refractivity contribution < 1.29 is 14.3 Å². The Balaban J connectivity index is 1.64. The minimum atomic E-state index is -0.523. The average molecular weight is 447 g/mol. The predicted molar refractivity (Wildman–Crippen MR) is 105 cm³/mol. The van der Waals surface area contributed by atoms with E-state index in [9.17, 15) is 9.59 Å². The second-order valence-electron chi connectivity index (χ2n) is 5.35. The van der Waals surface area contributed by atoms with E-state index in [2.05, 4.69) is 31.8 Å². The topological polar surface area (TPSA) is 80.3 Å². The van der Waals surface area contributed by atoms with E-state index in [1.807, 2.05) is 0 Å². The summed E-state index contributed by atoms with van der Waals surface area (Å²) in [7, 11) is 0. The summed E-state index contributed by atoms with van der Waals surface area (Å²) in [5, 5.41) is 0.267. The molecule has 0 saturated heterocycles. The maximum absolute atomic E-state index is 12.3. The van der Waals surface area contributed by atoms with Crippen LogP contribution in [-0.4, -0.2) is 16.8 Å². The number of hydrogen-bond donors (Lipinski definition) is 2. The summed E-state index contributed by atoms with van der Waals surface area (Å²) in [6, 6.07) is 14.8. The monoisotopic (exact) mass is 445 g/mol. The molecule has 0 atom stereocenters. The molecule has 0 aliphatic carbocycles. The number of hydrogen-bond acceptors (Lipinski definition) is 4. The van der Waals surface area contributed by atoms with Gasteiger partial charge in [0.15, 0.2) is 0 Å². The second-order valence-corrected chi connectivity index (χ2v) is 6.67. The summed E-state index contributed by atoms with van der Waals surface area (Å²) in [6.45, 7) is 0. The quantitative estimate of drug-likeness (QED) is 0.583. The molecule has 0 aliphatic rings. The molecular formula is C19H13BrClN3O3. The number of benzene rings is 2. The molecule has 27 heavy (non-hydrogen) atoms. The molecule has 6 nitrogen and oxygen atoms in total. The highest BCUT2D eigenvalue weighted by Gasteiger charge is 2.13. The van der Waals surface area contributed by atoms with Gasteiger partial charge in [0.05, 0.1) is 10.6 Å². The van der Waals surface area contributed by atoms with E-state index >= 15 is 0 Å². The number of halogens is 2. The number of pyridine rings is 1. The first-order chi connectivity index (χ1) is 13.0. The van der Waals surface area contributed by atoms with Gasteiger partial charge in [-0.1, -0.05) is 33.6 Å². The third-order valence-corrected chi connectivity index (χ3v) is 4.25. The molecule has 0 aliphatic heterocycles. The maximum Gasteiger partial charge on any atom is 0.271 e. The first-order valence-corrected chi connectivity index (χ1v) is 8.94. The lowest BCUT2D eigenvalue weighted by Crippen LogP contribution is -2.41. The number of carbonyl (C=O) groups excluding carboxylic acids is 2. The van der Waals surface area contributed by atoms with Crippen molar-refractivity contribution in [1.29, 1.82) is 0 Å². The molecule has 2 N–H and O–H groups in total. The fraction of sp³-hybridized carbons (Fsp3) is 0. The van der Waals surface area contributed by atoms with Crippen molar-refractivity contribution in [2.24, 2.45) is 0 Å². The molecule has 0 radical (unpaired) electrons. The van der Waals surface area contributed by atoms with E-state index < -0.39 is 11.8 Å². The van der Waals surface area contributed by atoms with Crippen LogP contribution < -0.4 is 15.6 Å². The molecule has 136 valence electrons. The summed E-state index contributed by atoms with van der Waals surface area (Å²) >= 11 is 9.30. The molecule has 0 unspecified atom stereocenters. The summed E-state index contributed by atoms with van der Waals surface area (Å²) in [6.07, 6.45) is 3.21. The molecule has 8 heteroatoms. The van der Waals surface area contributed by atoms with Crippen LogP contribution in [0.15, 0.2) is 71.5 Å². The van der Waals surface area contributed by atoms with Crippen LogP contribution in [0.5, 0.6) is 11.5 Å². The minimum Gasteiger partial charge on any atom is -0.457 e. The van der Waals surface area contributed by atoms with Crippen molar-refractivity contribution in [1.82, 2.24) is 15.8 Å². The van der Waals surface area contributed by atoms with E-state index in [0.29, 0.717) is 17.1 Å². The first kappa shape index (κ1) is 18.9. The molecule has 0 bridgehead atoms. The van der Waals surface area contributed by atoms with Gasteiger partial charge in [0, 0.05) is 22.4 Å². The van der Waals surface area contributed by atoms with Crippen LogP contribution >= 0.6 is 27.5 Å². The highest BCUT2D eigenvalue weighted by Crippen LogP contribution is 2.22. The summed E-state index contributed by atoms with van der Waals surface area (Å²) in [5.74, 6) is 0.0682. The average Bonchev–Trinajstić information content (AvgIpc) is 2.67. The lowest BCUT2D eigenvalue weighted by Gasteiger charge is -2.10. The van der Waals surface area contributed by atoms with Gasteiger partial charge in [0.2, 0.25) is 0 Å². The third kappa shape index (κ3) is 5.06. The standard InChI is InChI=1S/C19H13BrClN3O3/c20-13-4-5-16(17(21)11-13)19(26)24-23-18(25)12-2-1-3-15(10-12)27-14-6-8-22-9-7-14/h1-11H,(H,23,25)(H,24,26). The van der Waals surface area contributed by atoms with Gasteiger partial charge in [-0.25, -0.2) is 0 Å². The van der Waals surface area contributed by atoms with Crippen LogP contribution in [0.3, 0.4) is 0 Å². The Morgan fingerprint density at radius 2 is 1.67 bits per heavy atom. The second kappa shape index (κ2) is 8.66. The third-order valence-electron chi connectivity index (χ3n) is 3.45. The molecule has 2 amide bonds. The molecule has 0 saturated carbocycles. The van der Waals surface area contributed by atoms with Gasteiger partial charge in [0.25, 0.3) is 11.8 Å². The Hall–Kier alpha value is -2.90. The molecular weight excluding hydrogens is 434 g/mol. The van der Waals surface area contributed by atoms with Crippen molar-refractivity contribution in [2.75, 3.05) is 0 Å². The highest BCUT2D eigenvalue weighted by atomic mass is 79.9. The molecule has 0 fully saturated rings. The van der Waals surface area contributed by atoms with Gasteiger partial charge in [0.1, 0.15) is 11.5 Å². The number of nitrogens with zero attached hydrogens (tertiary/aromatic N) is 1. The molecule has 3 aromatic rings. The normalized spacial score (nSPS) is 10.1. The highest BCUT2D eigenvalue weighted by molar-refractivity contribution is 9.10. The number of ether oxygens (including phenoxy) is 1. The number of amides is 2. The number of nitrogens with one attached hydrogen (secondary N) is 2. The molecule has 1 heterocycles. The van der Waals surface area contributed by atoms with Gasteiger partial charge < -0.3 is 4.74 Å². The largest absolute Gasteiger partial charge is 0.457 e. The molecule has 3 rings (SSSR count). The lowest BCUT2D eigenvalue weighted by atomic mass is 10.2. The van der Waals surface area contributed by atoms with Gasteiger partial charge in [-0.2, -0.15) is 0 Å². The van der Waals surface area contributed by atoms with E-state index in [1.165, 1.54) is 0 Å². The van der Waals surface area contributed by atoms with Crippen molar-refractivity contribution in [3.63, 3.8) is 0 Å². The Labute approximate surface area is 168 Å². The fourth-order valence-electron chi connectivity index (χ4n) is 2.17. The summed E-state index contributed by atoms with van der Waals surface area (Å²) in [5.41, 5.74) is 5.26. The molecule has 2 aromatic carbocycles. The van der Waals surface area contributed by atoms with Crippen LogP contribution in [0, 0.1) is 0 Å². The zero-order chi connectivity index (χ0) is 19.2. The van der Waals surface area contributed by atoms with Crippen molar-refractivity contribution in [3.8, 4) is 11.5 Å². The van der Waals surface area contributed by atoms with Crippen LogP contribution in [0.4, 0.5) is 0 Å². The fourth-order valence-corrected chi connectivity index (χ4v) is 2.93. The predicted octanol–water partition coefficient (Wildman–Crippen LogP) is 4.36. The zero-order valence-corrected chi connectivity index (χ0v) is 16.1. The lowest BCUT2D eigenvalue weighted by molar-refractivity contribution is 0.0846.